The zero-order valence-electron chi connectivity index (χ0n) is 25.0. The number of aromatic nitrogens is 1. The van der Waals surface area contributed by atoms with E-state index in [0.29, 0.717) is 0 Å². The molecule has 0 aliphatic carbocycles. The summed E-state index contributed by atoms with van der Waals surface area (Å²) in [4.78, 5) is 10.5. The topological polar surface area (TPSA) is 41.7 Å². The molecule has 1 N–H and O–H groups in total. The number of hydrogen-bond donors (Lipinski definition) is 1. The number of nitrogens with zero attached hydrogens (tertiary/aromatic N) is 3. The molecule has 4 aliphatic rings. The second-order valence-electron chi connectivity index (χ2n) is 10.6. The fourth-order valence-electron chi connectivity index (χ4n) is 6.51. The molecule has 0 saturated carbocycles. The molecule has 0 atom stereocenters. The summed E-state index contributed by atoms with van der Waals surface area (Å²) in [5, 5.41) is 0. The van der Waals surface area contributed by atoms with Crippen LogP contribution in [0, 0.1) is 6.92 Å². The number of nitrogens with one attached hydrogen (secondary N) is 1. The summed E-state index contributed by atoms with van der Waals surface area (Å²) in [7, 11) is 0. The molecule has 202 valence electrons. The Hall–Kier alpha value is -2.60. The number of rotatable bonds is 6. The Bertz CT molecular complexity index is 1510. The monoisotopic (exact) mass is 626 g/mol. The van der Waals surface area contributed by atoms with Crippen molar-refractivity contribution in [1.82, 2.24) is 6.33 Å². The first-order valence-corrected chi connectivity index (χ1v) is 17.5. The van der Waals surface area contributed by atoms with Crippen molar-refractivity contribution in [3.05, 3.63) is 91.3 Å². The van der Waals surface area contributed by atoms with Crippen LogP contribution in [0.2, 0.25) is 0 Å². The first-order valence-electron chi connectivity index (χ1n) is 14.8. The molecule has 1 aromatic rings. The van der Waals surface area contributed by atoms with Crippen LogP contribution in [0.3, 0.4) is 0 Å². The van der Waals surface area contributed by atoms with Crippen molar-refractivity contribution in [3.63, 3.8) is 0 Å². The van der Waals surface area contributed by atoms with Gasteiger partial charge >= 0.3 is 247 Å². The minimum absolute atomic E-state index is 0.977. The summed E-state index contributed by atoms with van der Waals surface area (Å²) < 4.78 is 6.76. The molecular formula is C34H42N4Sn. The number of aliphatic imine (C=N–C) groups is 2. The van der Waals surface area contributed by atoms with Crippen LogP contribution in [0.4, 0.5) is 0 Å². The van der Waals surface area contributed by atoms with Gasteiger partial charge in [-0.2, -0.15) is 0 Å². The first-order chi connectivity index (χ1) is 18.9. The van der Waals surface area contributed by atoms with Crippen molar-refractivity contribution < 1.29 is 0 Å². The van der Waals surface area contributed by atoms with E-state index in [4.69, 9.17) is 9.98 Å². The number of fused-ring (bicyclic) bond motifs is 4. The third kappa shape index (κ3) is 4.73. The van der Waals surface area contributed by atoms with E-state index >= 15 is 0 Å². The average Bonchev–Trinajstić information content (AvgIpc) is 3.58. The molecule has 1 aromatic heterocycles. The van der Waals surface area contributed by atoms with Gasteiger partial charge in [-0.3, -0.25) is 0 Å². The average molecular weight is 625 g/mol. The summed E-state index contributed by atoms with van der Waals surface area (Å²) in [5.41, 5.74) is 19.5. The van der Waals surface area contributed by atoms with Crippen molar-refractivity contribution in [2.75, 3.05) is 0 Å². The van der Waals surface area contributed by atoms with Gasteiger partial charge in [0.25, 0.3) is 0 Å². The molecule has 39 heavy (non-hydrogen) atoms. The van der Waals surface area contributed by atoms with Gasteiger partial charge < -0.3 is 0 Å². The molecule has 6 bridgehead atoms. The molecule has 0 unspecified atom stereocenters. The third-order valence-corrected chi connectivity index (χ3v) is 11.7. The van der Waals surface area contributed by atoms with E-state index in [1.54, 1.807) is 0 Å². The third-order valence-electron chi connectivity index (χ3n) is 8.61. The van der Waals surface area contributed by atoms with Gasteiger partial charge in [0.1, 0.15) is 0 Å². The van der Waals surface area contributed by atoms with E-state index in [1.807, 2.05) is 0 Å². The molecule has 4 nitrogen and oxygen atoms in total. The summed E-state index contributed by atoms with van der Waals surface area (Å²) in [6, 6.07) is 0. The Labute approximate surface area is 245 Å². The maximum absolute atomic E-state index is 5.28. The molecule has 4 aliphatic heterocycles. The van der Waals surface area contributed by atoms with E-state index in [0.717, 1.165) is 61.3 Å². The van der Waals surface area contributed by atoms with Crippen molar-refractivity contribution in [3.8, 4) is 0 Å². The van der Waals surface area contributed by atoms with Gasteiger partial charge in [-0.15, -0.1) is 0 Å². The standard InChI is InChI=1S/C34H42N4.Sn/c1-9-22-15-16-29-27(13-5)28(14-6)32(37-29)19-31-25(11-3)20(7)30(38-31)18-24-17-23(10-2)34(36-24)21(8)33(35)26(22)12-4;/h15-19,35H,9-14H2,1-8H3;/q-2;+2. The van der Waals surface area contributed by atoms with Gasteiger partial charge in [0.05, 0.1) is 0 Å². The molecule has 0 spiro atoms. The predicted octanol–water partition coefficient (Wildman–Crippen LogP) is 8.35. The van der Waals surface area contributed by atoms with Crippen molar-refractivity contribution in [2.24, 2.45) is 9.98 Å². The number of hydrogen-bond acceptors (Lipinski definition) is 3. The van der Waals surface area contributed by atoms with Crippen LogP contribution >= 0.6 is 0 Å². The number of allylic oxidation sites excluding steroid dienone is 9. The SMILES string of the molecule is CCC1=CC2=Cc3c(C)c(CC)c4[n]3[Sn][NH]C(=C(C)C1=N2)C(CC)=C(CC)C=CC1=NC(=C4)C(CC)=C1CC. The van der Waals surface area contributed by atoms with Crippen molar-refractivity contribution in [1.29, 1.82) is 0 Å². The van der Waals surface area contributed by atoms with Gasteiger partial charge in [-0.1, -0.05) is 0 Å². The summed E-state index contributed by atoms with van der Waals surface area (Å²) >= 11 is -1.31. The molecular weight excluding hydrogens is 583 g/mol. The Morgan fingerprint density at radius 3 is 2.13 bits per heavy atom. The Morgan fingerprint density at radius 2 is 1.49 bits per heavy atom. The van der Waals surface area contributed by atoms with Gasteiger partial charge in [-0.05, 0) is 0 Å². The predicted molar refractivity (Wildman–Crippen MR) is 169 cm³/mol. The summed E-state index contributed by atoms with van der Waals surface area (Å²) in [6.45, 7) is 18.2. The maximum atomic E-state index is 5.28. The van der Waals surface area contributed by atoms with Crippen LogP contribution in [0.25, 0.3) is 12.2 Å². The van der Waals surface area contributed by atoms with Crippen LogP contribution < -0.4 is 3.54 Å². The fraction of sp³-hybridized carbons (Fsp3) is 0.412. The second kappa shape index (κ2) is 11.5. The van der Waals surface area contributed by atoms with Crippen LogP contribution in [-0.2, 0) is 6.42 Å². The molecule has 2 radical (unpaired) electrons. The molecule has 5 rings (SSSR count). The van der Waals surface area contributed by atoms with Crippen molar-refractivity contribution >= 4 is 45.3 Å². The Kier molecular flexibility index (Phi) is 8.23. The van der Waals surface area contributed by atoms with Crippen LogP contribution in [0.15, 0.2) is 78.7 Å². The molecule has 5 heteroatoms. The van der Waals surface area contributed by atoms with Crippen LogP contribution in [-0.4, -0.2) is 35.9 Å². The van der Waals surface area contributed by atoms with Crippen LogP contribution in [0.1, 0.15) is 103 Å². The second-order valence-corrected chi connectivity index (χ2v) is 13.2. The fourth-order valence-corrected chi connectivity index (χ4v) is 10.0. The molecule has 0 saturated heterocycles. The van der Waals surface area contributed by atoms with E-state index in [2.05, 4.69) is 92.1 Å². The quantitative estimate of drug-likeness (QED) is 0.318. The van der Waals surface area contributed by atoms with Gasteiger partial charge in [0, 0.05) is 0 Å². The van der Waals surface area contributed by atoms with Gasteiger partial charge in [-0.25, -0.2) is 0 Å². The summed E-state index contributed by atoms with van der Waals surface area (Å²) in [6.07, 6.45) is 17.6. The minimum atomic E-state index is -1.31. The van der Waals surface area contributed by atoms with Crippen molar-refractivity contribution in [2.45, 2.75) is 93.9 Å². The molecule has 0 amide bonds. The molecule has 0 fully saturated rings. The Morgan fingerprint density at radius 1 is 0.744 bits per heavy atom. The molecule has 5 heterocycles. The van der Waals surface area contributed by atoms with E-state index < -0.39 is 21.7 Å². The van der Waals surface area contributed by atoms with E-state index in [9.17, 15) is 0 Å². The zero-order valence-corrected chi connectivity index (χ0v) is 27.8. The molecule has 0 aromatic carbocycles. The Balaban J connectivity index is 1.93. The van der Waals surface area contributed by atoms with Gasteiger partial charge in [0.2, 0.25) is 0 Å². The van der Waals surface area contributed by atoms with Gasteiger partial charge in [0.15, 0.2) is 0 Å². The van der Waals surface area contributed by atoms with E-state index in [1.165, 1.54) is 61.7 Å². The summed E-state index contributed by atoms with van der Waals surface area (Å²) in [5.74, 6) is 0. The normalized spacial score (nSPS) is 18.8. The first kappa shape index (κ1) is 27.9. The van der Waals surface area contributed by atoms with E-state index in [-0.39, 0.29) is 0 Å². The van der Waals surface area contributed by atoms with Crippen LogP contribution in [0.5, 0.6) is 0 Å². The zero-order chi connectivity index (χ0) is 27.8.